The van der Waals surface area contributed by atoms with Crippen LogP contribution >= 0.6 is 11.3 Å². The average Bonchev–Trinajstić information content (AvgIpc) is 3.44. The minimum absolute atomic E-state index is 0.0914. The fraction of sp³-hybridized carbons (Fsp3) is 0.316. The average molecular weight is 383 g/mol. The number of thiazole rings is 1. The maximum atomic E-state index is 13.2. The number of fused-ring (bicyclic) bond motifs is 1. The van der Waals surface area contributed by atoms with Crippen LogP contribution in [0.1, 0.15) is 0 Å². The van der Waals surface area contributed by atoms with E-state index in [0.717, 1.165) is 11.4 Å². The molecular weight excluding hydrogens is 366 g/mol. The van der Waals surface area contributed by atoms with Crippen LogP contribution < -0.4 is 15.0 Å². The molecule has 1 aromatic heterocycles. The van der Waals surface area contributed by atoms with Crippen molar-refractivity contribution < 1.29 is 19.1 Å². The van der Waals surface area contributed by atoms with E-state index in [0.29, 0.717) is 11.7 Å². The first kappa shape index (κ1) is 16.5. The predicted molar refractivity (Wildman–Crippen MR) is 99.8 cm³/mol. The Kier molecular flexibility index (Phi) is 3.60. The molecule has 3 unspecified atom stereocenters. The molecule has 5 rings (SSSR count). The summed E-state index contributed by atoms with van der Waals surface area (Å²) in [4.78, 5) is 31.9. The molecule has 0 aliphatic carbocycles. The Bertz CT molecular complexity index is 927. The summed E-state index contributed by atoms with van der Waals surface area (Å²) < 4.78 is 11.3. The van der Waals surface area contributed by atoms with Gasteiger partial charge in [0.25, 0.3) is 0 Å². The van der Waals surface area contributed by atoms with E-state index in [1.165, 1.54) is 11.3 Å². The van der Waals surface area contributed by atoms with E-state index in [9.17, 15) is 9.59 Å². The van der Waals surface area contributed by atoms with Gasteiger partial charge in [-0.1, -0.05) is 12.2 Å². The molecule has 7 nitrogen and oxygen atoms in total. The van der Waals surface area contributed by atoms with Crippen LogP contribution in [0.4, 0.5) is 10.8 Å². The fourth-order valence-corrected chi connectivity index (χ4v) is 4.78. The highest BCUT2D eigenvalue weighted by molar-refractivity contribution is 7.13. The van der Waals surface area contributed by atoms with Crippen LogP contribution in [-0.4, -0.2) is 42.2 Å². The standard InChI is InChI=1S/C19H17N3O4S/c1-25-12-4-2-11(3-5-12)22-10-19-7-6-13(26-19)14(15(19)17(22)24)16(23)21-18-20-8-9-27-18/h2-9,13-15H,10H2,1H3,(H,20,21,23)/t13?,14?,15-,19?/m0/s1. The van der Waals surface area contributed by atoms with E-state index in [1.54, 1.807) is 23.6 Å². The van der Waals surface area contributed by atoms with E-state index >= 15 is 0 Å². The molecule has 2 fully saturated rings. The maximum absolute atomic E-state index is 13.2. The van der Waals surface area contributed by atoms with E-state index in [1.807, 2.05) is 36.4 Å². The number of hydrogen-bond acceptors (Lipinski definition) is 6. The van der Waals surface area contributed by atoms with E-state index in [2.05, 4.69) is 10.3 Å². The van der Waals surface area contributed by atoms with Gasteiger partial charge in [-0.05, 0) is 24.3 Å². The minimum atomic E-state index is -0.743. The van der Waals surface area contributed by atoms with Crippen molar-refractivity contribution >= 4 is 34.0 Å². The van der Waals surface area contributed by atoms with Crippen molar-refractivity contribution in [2.24, 2.45) is 11.8 Å². The zero-order valence-corrected chi connectivity index (χ0v) is 15.3. The summed E-state index contributed by atoms with van der Waals surface area (Å²) in [5.74, 6) is -0.687. The summed E-state index contributed by atoms with van der Waals surface area (Å²) in [5.41, 5.74) is 0.0242. The fourth-order valence-electron chi connectivity index (χ4n) is 4.25. The highest BCUT2D eigenvalue weighted by atomic mass is 32.1. The molecule has 2 saturated heterocycles. The molecule has 1 N–H and O–H groups in total. The molecule has 3 aliphatic rings. The number of carbonyl (C=O) groups is 2. The van der Waals surface area contributed by atoms with Gasteiger partial charge in [-0.15, -0.1) is 11.3 Å². The van der Waals surface area contributed by atoms with Crippen molar-refractivity contribution in [3.63, 3.8) is 0 Å². The van der Waals surface area contributed by atoms with Crippen molar-refractivity contribution in [2.75, 3.05) is 23.9 Å². The first-order chi connectivity index (χ1) is 13.1. The van der Waals surface area contributed by atoms with Crippen LogP contribution in [0.25, 0.3) is 0 Å². The van der Waals surface area contributed by atoms with Crippen LogP contribution in [0.2, 0.25) is 0 Å². The summed E-state index contributed by atoms with van der Waals surface area (Å²) in [6, 6.07) is 7.31. The minimum Gasteiger partial charge on any atom is -0.497 e. The van der Waals surface area contributed by atoms with Crippen molar-refractivity contribution in [3.8, 4) is 5.75 Å². The van der Waals surface area contributed by atoms with Gasteiger partial charge in [0.15, 0.2) is 5.13 Å². The SMILES string of the molecule is COc1ccc(N2CC34C=CC(O3)C(C(=O)Nc3nccs3)[C@H]4C2=O)cc1. The number of rotatable bonds is 4. The van der Waals surface area contributed by atoms with Gasteiger partial charge in [0.05, 0.1) is 31.6 Å². The van der Waals surface area contributed by atoms with Crippen LogP contribution in [-0.2, 0) is 14.3 Å². The quantitative estimate of drug-likeness (QED) is 0.818. The molecule has 2 amide bonds. The molecule has 4 atom stereocenters. The van der Waals surface area contributed by atoms with Gasteiger partial charge in [0.1, 0.15) is 11.4 Å². The van der Waals surface area contributed by atoms with Gasteiger partial charge in [0, 0.05) is 17.3 Å². The molecule has 3 aliphatic heterocycles. The molecule has 138 valence electrons. The van der Waals surface area contributed by atoms with Crippen molar-refractivity contribution in [1.29, 1.82) is 0 Å². The predicted octanol–water partition coefficient (Wildman–Crippen LogP) is 2.08. The molecule has 1 spiro atoms. The molecule has 2 bridgehead atoms. The Hall–Kier alpha value is -2.71. The van der Waals surface area contributed by atoms with Gasteiger partial charge >= 0.3 is 0 Å². The van der Waals surface area contributed by atoms with E-state index in [4.69, 9.17) is 9.47 Å². The summed E-state index contributed by atoms with van der Waals surface area (Å²) >= 11 is 1.35. The number of ether oxygens (including phenoxy) is 2. The molecule has 8 heteroatoms. The van der Waals surface area contributed by atoms with Crippen LogP contribution in [0.15, 0.2) is 48.0 Å². The number of anilines is 2. The topological polar surface area (TPSA) is 80.8 Å². The third kappa shape index (κ3) is 2.40. The maximum Gasteiger partial charge on any atom is 0.234 e. The van der Waals surface area contributed by atoms with Crippen LogP contribution in [0.5, 0.6) is 5.75 Å². The first-order valence-electron chi connectivity index (χ1n) is 8.64. The number of benzene rings is 1. The number of nitrogens with zero attached hydrogens (tertiary/aromatic N) is 2. The van der Waals surface area contributed by atoms with Crippen molar-refractivity contribution in [2.45, 2.75) is 11.7 Å². The van der Waals surface area contributed by atoms with Crippen LogP contribution in [0, 0.1) is 11.8 Å². The van der Waals surface area contributed by atoms with Gasteiger partial charge in [-0.2, -0.15) is 0 Å². The lowest BCUT2D eigenvalue weighted by molar-refractivity contribution is -0.128. The number of carbonyl (C=O) groups excluding carboxylic acids is 2. The molecule has 27 heavy (non-hydrogen) atoms. The Balaban J connectivity index is 1.44. The lowest BCUT2D eigenvalue weighted by Gasteiger charge is -2.22. The third-order valence-corrected chi connectivity index (χ3v) is 6.14. The smallest absolute Gasteiger partial charge is 0.234 e. The number of methoxy groups -OCH3 is 1. The number of amides is 2. The molecular formula is C19H17N3O4S. The summed E-state index contributed by atoms with van der Waals surface area (Å²) in [6.45, 7) is 0.400. The zero-order chi connectivity index (χ0) is 18.6. The highest BCUT2D eigenvalue weighted by Crippen LogP contribution is 2.52. The largest absolute Gasteiger partial charge is 0.497 e. The van der Waals surface area contributed by atoms with Gasteiger partial charge in [-0.3, -0.25) is 9.59 Å². The normalized spacial score (nSPS) is 30.6. The Morgan fingerprint density at radius 1 is 1.41 bits per heavy atom. The molecule has 4 heterocycles. The zero-order valence-electron chi connectivity index (χ0n) is 14.5. The van der Waals surface area contributed by atoms with Crippen molar-refractivity contribution in [1.82, 2.24) is 4.98 Å². The lowest BCUT2D eigenvalue weighted by atomic mass is 9.77. The molecule has 2 aromatic rings. The van der Waals surface area contributed by atoms with Gasteiger partial charge in [0.2, 0.25) is 11.8 Å². The summed E-state index contributed by atoms with van der Waals surface area (Å²) in [5, 5.41) is 5.13. The summed E-state index contributed by atoms with van der Waals surface area (Å²) in [6.07, 6.45) is 5.09. The van der Waals surface area contributed by atoms with Crippen LogP contribution in [0.3, 0.4) is 0 Å². The first-order valence-corrected chi connectivity index (χ1v) is 9.52. The Labute approximate surface area is 159 Å². The lowest BCUT2D eigenvalue weighted by Crippen LogP contribution is -2.41. The monoisotopic (exact) mass is 383 g/mol. The molecule has 1 aromatic carbocycles. The molecule has 0 saturated carbocycles. The Morgan fingerprint density at radius 3 is 2.93 bits per heavy atom. The third-order valence-electron chi connectivity index (χ3n) is 5.45. The second kappa shape index (κ2) is 5.90. The molecule has 0 radical (unpaired) electrons. The van der Waals surface area contributed by atoms with E-state index < -0.39 is 17.4 Å². The number of hydrogen-bond donors (Lipinski definition) is 1. The second-order valence-corrected chi connectivity index (χ2v) is 7.74. The Morgan fingerprint density at radius 2 is 2.22 bits per heavy atom. The number of nitrogens with one attached hydrogen (secondary N) is 1. The second-order valence-electron chi connectivity index (χ2n) is 6.85. The van der Waals surface area contributed by atoms with Gasteiger partial charge < -0.3 is 19.7 Å². The number of aromatic nitrogens is 1. The summed E-state index contributed by atoms with van der Waals surface area (Å²) in [7, 11) is 1.60. The van der Waals surface area contributed by atoms with E-state index in [-0.39, 0.29) is 17.9 Å². The van der Waals surface area contributed by atoms with Crippen molar-refractivity contribution in [3.05, 3.63) is 48.0 Å². The van der Waals surface area contributed by atoms with Gasteiger partial charge in [-0.25, -0.2) is 4.98 Å². The highest BCUT2D eigenvalue weighted by Gasteiger charge is 2.67.